The van der Waals surface area contributed by atoms with Gasteiger partial charge >= 0.3 is 0 Å². The van der Waals surface area contributed by atoms with Gasteiger partial charge in [0.05, 0.1) is 6.26 Å². The van der Waals surface area contributed by atoms with Crippen molar-refractivity contribution in [3.63, 3.8) is 0 Å². The number of carbonyl (C=O) groups excluding carboxylic acids is 1. The van der Waals surface area contributed by atoms with Crippen LogP contribution in [-0.2, 0) is 15.1 Å². The van der Waals surface area contributed by atoms with E-state index in [9.17, 15) is 4.79 Å². The van der Waals surface area contributed by atoms with Crippen molar-refractivity contribution in [2.24, 2.45) is 0 Å². The highest BCUT2D eigenvalue weighted by Gasteiger charge is 2.41. The van der Waals surface area contributed by atoms with Gasteiger partial charge in [-0.1, -0.05) is 37.3 Å². The van der Waals surface area contributed by atoms with Crippen molar-refractivity contribution in [2.45, 2.75) is 18.9 Å². The second kappa shape index (κ2) is 3.29. The Balaban J connectivity index is 2.44. The second-order valence-electron chi connectivity index (χ2n) is 3.33. The molecule has 0 saturated heterocycles. The van der Waals surface area contributed by atoms with E-state index in [1.54, 1.807) is 0 Å². The molecule has 1 atom stereocenters. The summed E-state index contributed by atoms with van der Waals surface area (Å²) in [5.41, 5.74) is 0.166. The van der Waals surface area contributed by atoms with Gasteiger partial charge in [-0.05, 0) is 6.42 Å². The van der Waals surface area contributed by atoms with Crippen LogP contribution in [0.25, 0.3) is 0 Å². The maximum atomic E-state index is 11.7. The van der Waals surface area contributed by atoms with Crippen molar-refractivity contribution >= 4 is 5.78 Å². The van der Waals surface area contributed by atoms with Gasteiger partial charge in [0.2, 0.25) is 5.78 Å². The Bertz CT molecular complexity index is 367. The smallest absolute Gasteiger partial charge is 0.206 e. The normalized spacial score (nSPS) is 25.1. The molecule has 0 spiro atoms. The van der Waals surface area contributed by atoms with Gasteiger partial charge in [0.25, 0.3) is 0 Å². The standard InChI is InChI=1S/C12H12O2/c1-2-12(11(13)8-9-14-12)10-6-4-3-5-7-10/h3-9H,2H2,1H3. The van der Waals surface area contributed by atoms with Crippen LogP contribution in [0.2, 0.25) is 0 Å². The maximum Gasteiger partial charge on any atom is 0.206 e. The van der Waals surface area contributed by atoms with E-state index in [-0.39, 0.29) is 5.78 Å². The first-order chi connectivity index (χ1) is 6.79. The average Bonchev–Trinajstić information content (AvgIpc) is 2.62. The molecule has 1 unspecified atom stereocenters. The lowest BCUT2D eigenvalue weighted by molar-refractivity contribution is -0.130. The number of carbonyl (C=O) groups is 1. The zero-order valence-corrected chi connectivity index (χ0v) is 8.07. The SMILES string of the molecule is CCC1(c2ccccc2)OC=CC1=O. The molecule has 0 saturated carbocycles. The van der Waals surface area contributed by atoms with E-state index in [1.165, 1.54) is 12.3 Å². The summed E-state index contributed by atoms with van der Waals surface area (Å²) in [6, 6.07) is 9.62. The molecule has 2 nitrogen and oxygen atoms in total. The quantitative estimate of drug-likeness (QED) is 0.712. The highest BCUT2D eigenvalue weighted by atomic mass is 16.5. The van der Waals surface area contributed by atoms with Crippen LogP contribution in [0.4, 0.5) is 0 Å². The molecule has 0 N–H and O–H groups in total. The summed E-state index contributed by atoms with van der Waals surface area (Å²) in [5, 5.41) is 0. The van der Waals surface area contributed by atoms with E-state index in [1.807, 2.05) is 37.3 Å². The minimum atomic E-state index is -0.763. The van der Waals surface area contributed by atoms with E-state index in [0.717, 1.165) is 5.56 Å². The molecule has 0 radical (unpaired) electrons. The summed E-state index contributed by atoms with van der Waals surface area (Å²) in [5.74, 6) is 0.0335. The average molecular weight is 188 g/mol. The van der Waals surface area contributed by atoms with Gasteiger partial charge in [0.1, 0.15) is 0 Å². The van der Waals surface area contributed by atoms with Crippen molar-refractivity contribution in [3.8, 4) is 0 Å². The molecular formula is C12H12O2. The lowest BCUT2D eigenvalue weighted by Crippen LogP contribution is -2.32. The summed E-state index contributed by atoms with van der Waals surface area (Å²) in [7, 11) is 0. The third kappa shape index (κ3) is 1.15. The summed E-state index contributed by atoms with van der Waals surface area (Å²) in [6.07, 6.45) is 3.64. The Morgan fingerprint density at radius 2 is 2.00 bits per heavy atom. The number of rotatable bonds is 2. The van der Waals surface area contributed by atoms with Gasteiger partial charge in [-0.15, -0.1) is 0 Å². The minimum absolute atomic E-state index is 0.0335. The largest absolute Gasteiger partial charge is 0.482 e. The van der Waals surface area contributed by atoms with Gasteiger partial charge in [-0.2, -0.15) is 0 Å². The summed E-state index contributed by atoms with van der Waals surface area (Å²) >= 11 is 0. The summed E-state index contributed by atoms with van der Waals surface area (Å²) in [6.45, 7) is 1.96. The van der Waals surface area contributed by atoms with Gasteiger partial charge in [-0.3, -0.25) is 4.79 Å². The molecule has 1 aromatic rings. The molecule has 1 heterocycles. The van der Waals surface area contributed by atoms with Crippen LogP contribution in [0.1, 0.15) is 18.9 Å². The van der Waals surface area contributed by atoms with E-state index >= 15 is 0 Å². The van der Waals surface area contributed by atoms with Crippen LogP contribution in [0.15, 0.2) is 42.7 Å². The predicted molar refractivity (Wildman–Crippen MR) is 53.6 cm³/mol. The second-order valence-corrected chi connectivity index (χ2v) is 3.33. The van der Waals surface area contributed by atoms with Crippen molar-refractivity contribution in [3.05, 3.63) is 48.2 Å². The first kappa shape index (κ1) is 9.00. The highest BCUT2D eigenvalue weighted by Crippen LogP contribution is 2.34. The van der Waals surface area contributed by atoms with Gasteiger partial charge in [-0.25, -0.2) is 0 Å². The minimum Gasteiger partial charge on any atom is -0.482 e. The molecular weight excluding hydrogens is 176 g/mol. The maximum absolute atomic E-state index is 11.7. The van der Waals surface area contributed by atoms with Crippen molar-refractivity contribution < 1.29 is 9.53 Å². The molecule has 1 aliphatic rings. The molecule has 0 bridgehead atoms. The molecule has 1 aliphatic heterocycles. The van der Waals surface area contributed by atoms with Crippen LogP contribution < -0.4 is 0 Å². The Hall–Kier alpha value is -1.57. The first-order valence-electron chi connectivity index (χ1n) is 4.74. The molecule has 1 aromatic carbocycles. The predicted octanol–water partition coefficient (Wildman–Crippen LogP) is 2.40. The third-order valence-electron chi connectivity index (χ3n) is 2.62. The van der Waals surface area contributed by atoms with Gasteiger partial charge < -0.3 is 4.74 Å². The third-order valence-corrected chi connectivity index (χ3v) is 2.62. The number of hydrogen-bond acceptors (Lipinski definition) is 2. The van der Waals surface area contributed by atoms with E-state index in [4.69, 9.17) is 4.74 Å². The first-order valence-corrected chi connectivity index (χ1v) is 4.74. The number of ether oxygens (including phenoxy) is 1. The van der Waals surface area contributed by atoms with Crippen LogP contribution in [0.5, 0.6) is 0 Å². The summed E-state index contributed by atoms with van der Waals surface area (Å²) < 4.78 is 5.46. The Kier molecular flexibility index (Phi) is 2.12. The van der Waals surface area contributed by atoms with Crippen LogP contribution in [-0.4, -0.2) is 5.78 Å². The monoisotopic (exact) mass is 188 g/mol. The number of ketones is 1. The lowest BCUT2D eigenvalue weighted by Gasteiger charge is -2.25. The molecule has 0 aromatic heterocycles. The fraction of sp³-hybridized carbons (Fsp3) is 0.250. The van der Waals surface area contributed by atoms with Crippen molar-refractivity contribution in [1.29, 1.82) is 0 Å². The van der Waals surface area contributed by atoms with Crippen LogP contribution >= 0.6 is 0 Å². The molecule has 0 amide bonds. The number of benzene rings is 1. The fourth-order valence-corrected chi connectivity index (χ4v) is 1.78. The van der Waals surface area contributed by atoms with Gasteiger partial charge in [0, 0.05) is 11.6 Å². The molecule has 14 heavy (non-hydrogen) atoms. The highest BCUT2D eigenvalue weighted by molar-refractivity contribution is 5.99. The Morgan fingerprint density at radius 1 is 1.29 bits per heavy atom. The number of hydrogen-bond donors (Lipinski definition) is 0. The fourth-order valence-electron chi connectivity index (χ4n) is 1.78. The van der Waals surface area contributed by atoms with E-state index in [2.05, 4.69) is 0 Å². The topological polar surface area (TPSA) is 26.3 Å². The Labute approximate surface area is 83.2 Å². The molecule has 2 rings (SSSR count). The molecule has 0 fully saturated rings. The van der Waals surface area contributed by atoms with E-state index in [0.29, 0.717) is 6.42 Å². The molecule has 72 valence electrons. The van der Waals surface area contributed by atoms with Gasteiger partial charge in [0.15, 0.2) is 5.60 Å². The lowest BCUT2D eigenvalue weighted by atomic mass is 9.88. The van der Waals surface area contributed by atoms with Crippen LogP contribution in [0, 0.1) is 0 Å². The molecule has 2 heteroatoms. The molecule has 0 aliphatic carbocycles. The zero-order valence-electron chi connectivity index (χ0n) is 8.07. The van der Waals surface area contributed by atoms with E-state index < -0.39 is 5.60 Å². The van der Waals surface area contributed by atoms with Crippen LogP contribution in [0.3, 0.4) is 0 Å². The summed E-state index contributed by atoms with van der Waals surface area (Å²) in [4.78, 5) is 11.7. The van der Waals surface area contributed by atoms with Crippen molar-refractivity contribution in [1.82, 2.24) is 0 Å². The zero-order chi connectivity index (χ0) is 10.0. The van der Waals surface area contributed by atoms with Crippen molar-refractivity contribution in [2.75, 3.05) is 0 Å². The Morgan fingerprint density at radius 3 is 2.50 bits per heavy atom.